The molecule has 1 aromatic heterocycles. The lowest BCUT2D eigenvalue weighted by atomic mass is 10.0. The number of methoxy groups -OCH3 is 1. The molecule has 0 aliphatic carbocycles. The van der Waals surface area contributed by atoms with Gasteiger partial charge >= 0.3 is 0 Å². The van der Waals surface area contributed by atoms with Crippen LogP contribution in [0.15, 0.2) is 30.3 Å². The standard InChI is InChI=1S/C16H18ClN3O/c1-21-15-13(14(11-18)19-16(17)20-15)10-6-5-9-12-7-3-2-4-8-12/h2-4,7-8,11,18H,5-6,9-10H2,1H3. The zero-order valence-electron chi connectivity index (χ0n) is 12.0. The zero-order valence-corrected chi connectivity index (χ0v) is 12.7. The van der Waals surface area contributed by atoms with Gasteiger partial charge in [0.2, 0.25) is 11.2 Å². The van der Waals surface area contributed by atoms with Crippen LogP contribution in [0.3, 0.4) is 0 Å². The van der Waals surface area contributed by atoms with Crippen molar-refractivity contribution in [2.75, 3.05) is 7.11 Å². The summed E-state index contributed by atoms with van der Waals surface area (Å²) in [6.45, 7) is 0. The summed E-state index contributed by atoms with van der Waals surface area (Å²) in [5.74, 6) is 0.466. The molecular weight excluding hydrogens is 286 g/mol. The van der Waals surface area contributed by atoms with Gasteiger partial charge < -0.3 is 10.1 Å². The summed E-state index contributed by atoms with van der Waals surface area (Å²) in [6, 6.07) is 10.4. The van der Waals surface area contributed by atoms with E-state index in [2.05, 4.69) is 34.2 Å². The van der Waals surface area contributed by atoms with Crippen LogP contribution in [-0.4, -0.2) is 23.3 Å². The normalized spacial score (nSPS) is 10.4. The van der Waals surface area contributed by atoms with Crippen LogP contribution in [0.1, 0.15) is 29.7 Å². The van der Waals surface area contributed by atoms with Gasteiger partial charge in [0.1, 0.15) is 0 Å². The average Bonchev–Trinajstić information content (AvgIpc) is 2.52. The second-order valence-corrected chi connectivity index (χ2v) is 5.04. The quantitative estimate of drug-likeness (QED) is 0.482. The van der Waals surface area contributed by atoms with E-state index in [1.807, 2.05) is 6.07 Å². The summed E-state index contributed by atoms with van der Waals surface area (Å²) in [6.07, 6.45) is 5.06. The molecule has 0 aliphatic heterocycles. The third-order valence-corrected chi connectivity index (χ3v) is 3.46. The maximum absolute atomic E-state index is 7.44. The SMILES string of the molecule is COc1nc(Cl)nc(C=N)c1CCCCc1ccccc1. The maximum Gasteiger partial charge on any atom is 0.226 e. The van der Waals surface area contributed by atoms with E-state index in [0.29, 0.717) is 11.6 Å². The van der Waals surface area contributed by atoms with E-state index in [1.165, 1.54) is 11.8 Å². The number of aryl methyl sites for hydroxylation is 1. The molecule has 1 aromatic carbocycles. The van der Waals surface area contributed by atoms with Gasteiger partial charge in [-0.2, -0.15) is 4.98 Å². The van der Waals surface area contributed by atoms with Gasteiger partial charge in [-0.25, -0.2) is 4.98 Å². The fourth-order valence-electron chi connectivity index (χ4n) is 2.25. The number of rotatable bonds is 7. The summed E-state index contributed by atoms with van der Waals surface area (Å²) >= 11 is 5.82. The monoisotopic (exact) mass is 303 g/mol. The first-order valence-electron chi connectivity index (χ1n) is 6.89. The molecule has 0 aliphatic rings. The lowest BCUT2D eigenvalue weighted by Gasteiger charge is -2.10. The number of hydrogen-bond acceptors (Lipinski definition) is 4. The van der Waals surface area contributed by atoms with Crippen molar-refractivity contribution < 1.29 is 4.74 Å². The average molecular weight is 304 g/mol. The summed E-state index contributed by atoms with van der Waals surface area (Å²) < 4.78 is 5.25. The van der Waals surface area contributed by atoms with Crippen LogP contribution in [0.25, 0.3) is 0 Å². The Morgan fingerprint density at radius 1 is 1.14 bits per heavy atom. The van der Waals surface area contributed by atoms with Gasteiger partial charge in [-0.3, -0.25) is 0 Å². The Kier molecular flexibility index (Phi) is 5.69. The van der Waals surface area contributed by atoms with Crippen LogP contribution in [0, 0.1) is 5.41 Å². The molecule has 21 heavy (non-hydrogen) atoms. The van der Waals surface area contributed by atoms with Crippen molar-refractivity contribution >= 4 is 17.8 Å². The van der Waals surface area contributed by atoms with E-state index in [4.69, 9.17) is 21.7 Å². The molecule has 1 heterocycles. The van der Waals surface area contributed by atoms with Gasteiger partial charge in [-0.15, -0.1) is 0 Å². The molecule has 0 bridgehead atoms. The predicted octanol–water partition coefficient (Wildman–Crippen LogP) is 3.70. The molecule has 0 atom stereocenters. The van der Waals surface area contributed by atoms with Crippen LogP contribution in [-0.2, 0) is 12.8 Å². The first kappa shape index (κ1) is 15.4. The summed E-state index contributed by atoms with van der Waals surface area (Å²) in [7, 11) is 1.56. The van der Waals surface area contributed by atoms with Gasteiger partial charge in [0.05, 0.1) is 12.8 Å². The number of halogens is 1. The van der Waals surface area contributed by atoms with E-state index < -0.39 is 0 Å². The Bertz CT molecular complexity index is 602. The van der Waals surface area contributed by atoms with Crippen LogP contribution < -0.4 is 4.74 Å². The van der Waals surface area contributed by atoms with Crippen LogP contribution in [0.4, 0.5) is 0 Å². The molecule has 0 spiro atoms. The maximum atomic E-state index is 7.44. The Balaban J connectivity index is 1.98. The van der Waals surface area contributed by atoms with Crippen LogP contribution >= 0.6 is 11.6 Å². The molecule has 0 unspecified atom stereocenters. The van der Waals surface area contributed by atoms with E-state index in [-0.39, 0.29) is 5.28 Å². The largest absolute Gasteiger partial charge is 0.481 e. The van der Waals surface area contributed by atoms with Crippen LogP contribution in [0.2, 0.25) is 5.28 Å². The third kappa shape index (κ3) is 4.26. The first-order chi connectivity index (χ1) is 10.2. The number of nitrogens with zero attached hydrogens (tertiary/aromatic N) is 2. The molecular formula is C16H18ClN3O. The van der Waals surface area contributed by atoms with E-state index >= 15 is 0 Å². The predicted molar refractivity (Wildman–Crippen MR) is 84.6 cm³/mol. The molecule has 0 saturated carbocycles. The van der Waals surface area contributed by atoms with Gasteiger partial charge in [0.15, 0.2) is 0 Å². The second kappa shape index (κ2) is 7.74. The first-order valence-corrected chi connectivity index (χ1v) is 7.27. The lowest BCUT2D eigenvalue weighted by Crippen LogP contribution is -2.04. The molecule has 2 aromatic rings. The number of hydrogen-bond donors (Lipinski definition) is 1. The lowest BCUT2D eigenvalue weighted by molar-refractivity contribution is 0.390. The molecule has 0 saturated heterocycles. The van der Waals surface area contributed by atoms with Crippen molar-refractivity contribution in [3.8, 4) is 5.88 Å². The Labute approximate surface area is 129 Å². The third-order valence-electron chi connectivity index (χ3n) is 3.29. The van der Waals surface area contributed by atoms with Crippen molar-refractivity contribution in [2.45, 2.75) is 25.7 Å². The minimum Gasteiger partial charge on any atom is -0.481 e. The van der Waals surface area contributed by atoms with Crippen molar-refractivity contribution in [1.29, 1.82) is 5.41 Å². The topological polar surface area (TPSA) is 58.9 Å². The molecule has 110 valence electrons. The number of aromatic nitrogens is 2. The summed E-state index contributed by atoms with van der Waals surface area (Å²) in [4.78, 5) is 8.13. The fourth-order valence-corrected chi connectivity index (χ4v) is 2.42. The highest BCUT2D eigenvalue weighted by Crippen LogP contribution is 2.22. The van der Waals surface area contributed by atoms with Crippen LogP contribution in [0.5, 0.6) is 5.88 Å². The van der Waals surface area contributed by atoms with Gasteiger partial charge in [0, 0.05) is 11.8 Å². The fraction of sp³-hybridized carbons (Fsp3) is 0.312. The number of ether oxygens (including phenoxy) is 1. The van der Waals surface area contributed by atoms with E-state index in [0.717, 1.165) is 31.2 Å². The highest BCUT2D eigenvalue weighted by molar-refractivity contribution is 6.28. The Morgan fingerprint density at radius 2 is 1.86 bits per heavy atom. The van der Waals surface area contributed by atoms with Crippen molar-refractivity contribution in [1.82, 2.24) is 9.97 Å². The summed E-state index contributed by atoms with van der Waals surface area (Å²) in [5, 5.41) is 7.55. The molecule has 1 N–H and O–H groups in total. The molecule has 2 rings (SSSR count). The second-order valence-electron chi connectivity index (χ2n) is 4.70. The van der Waals surface area contributed by atoms with Crippen molar-refractivity contribution in [2.24, 2.45) is 0 Å². The number of nitrogens with one attached hydrogen (secondary N) is 1. The van der Waals surface area contributed by atoms with Gasteiger partial charge in [0.25, 0.3) is 0 Å². The molecule has 0 amide bonds. The minimum absolute atomic E-state index is 0.110. The number of unbranched alkanes of at least 4 members (excludes halogenated alkanes) is 1. The van der Waals surface area contributed by atoms with Crippen molar-refractivity contribution in [3.63, 3.8) is 0 Å². The summed E-state index contributed by atoms with van der Waals surface area (Å²) in [5.41, 5.74) is 2.72. The van der Waals surface area contributed by atoms with E-state index in [1.54, 1.807) is 7.11 Å². The molecule has 0 radical (unpaired) electrons. The number of benzene rings is 1. The van der Waals surface area contributed by atoms with Gasteiger partial charge in [-0.1, -0.05) is 30.3 Å². The highest BCUT2D eigenvalue weighted by Gasteiger charge is 2.12. The van der Waals surface area contributed by atoms with Gasteiger partial charge in [-0.05, 0) is 42.8 Å². The molecule has 5 heteroatoms. The Hall–Kier alpha value is -1.94. The highest BCUT2D eigenvalue weighted by atomic mass is 35.5. The Morgan fingerprint density at radius 3 is 2.52 bits per heavy atom. The van der Waals surface area contributed by atoms with E-state index in [9.17, 15) is 0 Å². The zero-order chi connectivity index (χ0) is 15.1. The molecule has 0 fully saturated rings. The smallest absolute Gasteiger partial charge is 0.226 e. The minimum atomic E-state index is 0.110. The molecule has 4 nitrogen and oxygen atoms in total. The van der Waals surface area contributed by atoms with Crippen molar-refractivity contribution in [3.05, 3.63) is 52.4 Å².